The summed E-state index contributed by atoms with van der Waals surface area (Å²) in [5, 5.41) is 3.90. The summed E-state index contributed by atoms with van der Waals surface area (Å²) in [5.74, 6) is 1.31. The zero-order valence-corrected chi connectivity index (χ0v) is 15.7. The fourth-order valence-corrected chi connectivity index (χ4v) is 4.40. The molecule has 0 aromatic carbocycles. The summed E-state index contributed by atoms with van der Waals surface area (Å²) in [4.78, 5) is 6.29. The first-order chi connectivity index (χ1) is 11.9. The molecule has 8 heteroatoms. The molecule has 2 aromatic rings. The van der Waals surface area contributed by atoms with Gasteiger partial charge in [0, 0.05) is 25.4 Å². The highest BCUT2D eigenvalue weighted by molar-refractivity contribution is 7.90. The lowest BCUT2D eigenvalue weighted by Crippen LogP contribution is -2.23. The molecule has 0 aliphatic heterocycles. The molecule has 3 rings (SSSR count). The van der Waals surface area contributed by atoms with Gasteiger partial charge in [-0.25, -0.2) is 13.4 Å². The highest BCUT2D eigenvalue weighted by atomic mass is 32.2. The van der Waals surface area contributed by atoms with Gasteiger partial charge in [0.1, 0.15) is 0 Å². The van der Waals surface area contributed by atoms with E-state index in [2.05, 4.69) is 15.0 Å². The van der Waals surface area contributed by atoms with Crippen LogP contribution in [-0.2, 0) is 29.5 Å². The Balaban J connectivity index is 1.78. The van der Waals surface area contributed by atoms with Crippen molar-refractivity contribution >= 4 is 9.84 Å². The van der Waals surface area contributed by atoms with E-state index in [1.165, 1.54) is 25.5 Å². The number of rotatable bonds is 7. The summed E-state index contributed by atoms with van der Waals surface area (Å²) in [6, 6.07) is 1.83. The van der Waals surface area contributed by atoms with E-state index >= 15 is 0 Å². The van der Waals surface area contributed by atoms with Gasteiger partial charge >= 0.3 is 0 Å². The Labute approximate surface area is 148 Å². The van der Waals surface area contributed by atoms with Gasteiger partial charge in [-0.3, -0.25) is 4.90 Å². The molecule has 25 heavy (non-hydrogen) atoms. The van der Waals surface area contributed by atoms with E-state index in [0.717, 1.165) is 30.8 Å². The van der Waals surface area contributed by atoms with Crippen molar-refractivity contribution in [2.75, 3.05) is 13.3 Å². The molecule has 1 fully saturated rings. The third-order valence-electron chi connectivity index (χ3n) is 4.75. The second-order valence-corrected chi connectivity index (χ2v) is 8.98. The van der Waals surface area contributed by atoms with Crippen LogP contribution in [0.1, 0.15) is 43.6 Å². The van der Waals surface area contributed by atoms with Crippen molar-refractivity contribution in [1.82, 2.24) is 19.6 Å². The molecule has 0 spiro atoms. The molecule has 138 valence electrons. The van der Waals surface area contributed by atoms with Crippen LogP contribution < -0.4 is 0 Å². The van der Waals surface area contributed by atoms with Gasteiger partial charge in [-0.15, -0.1) is 0 Å². The molecule has 2 heterocycles. The molecule has 0 bridgehead atoms. The predicted octanol–water partition coefficient (Wildman–Crippen LogP) is 2.49. The van der Waals surface area contributed by atoms with E-state index in [0.29, 0.717) is 19.0 Å². The van der Waals surface area contributed by atoms with Crippen LogP contribution in [0.25, 0.3) is 0 Å². The minimum atomic E-state index is -3.34. The third-order valence-corrected chi connectivity index (χ3v) is 5.74. The second kappa shape index (κ2) is 7.70. The lowest BCUT2D eigenvalue weighted by molar-refractivity contribution is 0.253. The number of sulfone groups is 1. The molecule has 1 aliphatic rings. The Morgan fingerprint density at radius 2 is 2.04 bits per heavy atom. The van der Waals surface area contributed by atoms with E-state index in [4.69, 9.17) is 4.52 Å². The van der Waals surface area contributed by atoms with Crippen LogP contribution in [0.15, 0.2) is 28.1 Å². The second-order valence-electron chi connectivity index (χ2n) is 7.07. The maximum Gasteiger partial charge on any atom is 0.227 e. The minimum absolute atomic E-state index is 0.182. The van der Waals surface area contributed by atoms with Crippen LogP contribution in [-0.4, -0.2) is 41.3 Å². The van der Waals surface area contributed by atoms with E-state index < -0.39 is 9.84 Å². The summed E-state index contributed by atoms with van der Waals surface area (Å²) < 4.78 is 31.3. The number of aromatic nitrogens is 3. The van der Waals surface area contributed by atoms with E-state index in [9.17, 15) is 8.42 Å². The molecule has 0 radical (unpaired) electrons. The standard InChI is InChI=1S/C17H26N4O3S/c1-20(13-16-8-9-19-24-16)12-15-10-18-17(25(2,22)23)21(15)11-14-6-4-3-5-7-14/h8-10,14H,3-7,11-13H2,1-2H3. The van der Waals surface area contributed by atoms with Crippen LogP contribution >= 0.6 is 0 Å². The molecular formula is C17H26N4O3S. The fourth-order valence-electron chi connectivity index (χ4n) is 3.56. The van der Waals surface area contributed by atoms with Crippen LogP contribution in [0.3, 0.4) is 0 Å². The lowest BCUT2D eigenvalue weighted by Gasteiger charge is -2.24. The largest absolute Gasteiger partial charge is 0.360 e. The summed E-state index contributed by atoms with van der Waals surface area (Å²) in [7, 11) is -1.37. The fraction of sp³-hybridized carbons (Fsp3) is 0.647. The predicted molar refractivity (Wildman–Crippen MR) is 93.6 cm³/mol. The van der Waals surface area contributed by atoms with Gasteiger partial charge in [0.05, 0.1) is 24.6 Å². The zero-order valence-electron chi connectivity index (χ0n) is 14.9. The Morgan fingerprint density at radius 3 is 2.68 bits per heavy atom. The molecule has 0 N–H and O–H groups in total. The van der Waals surface area contributed by atoms with E-state index in [1.54, 1.807) is 12.4 Å². The Morgan fingerprint density at radius 1 is 1.28 bits per heavy atom. The third kappa shape index (κ3) is 4.70. The van der Waals surface area contributed by atoms with Crippen molar-refractivity contribution in [3.05, 3.63) is 29.9 Å². The Hall–Kier alpha value is -1.67. The summed E-state index contributed by atoms with van der Waals surface area (Å²) in [6.45, 7) is 1.95. The van der Waals surface area contributed by atoms with Crippen LogP contribution in [0.5, 0.6) is 0 Å². The van der Waals surface area contributed by atoms with Gasteiger partial charge in [0.15, 0.2) is 5.76 Å². The molecule has 0 amide bonds. The summed E-state index contributed by atoms with van der Waals surface area (Å²) in [5.41, 5.74) is 0.924. The highest BCUT2D eigenvalue weighted by Gasteiger charge is 2.23. The molecule has 0 atom stereocenters. The summed E-state index contributed by atoms with van der Waals surface area (Å²) >= 11 is 0. The number of hydrogen-bond acceptors (Lipinski definition) is 6. The smallest absolute Gasteiger partial charge is 0.227 e. The first kappa shape index (κ1) is 18.1. The van der Waals surface area contributed by atoms with Crippen molar-refractivity contribution in [3.8, 4) is 0 Å². The maximum absolute atomic E-state index is 12.1. The zero-order chi connectivity index (χ0) is 17.9. The van der Waals surface area contributed by atoms with Crippen LogP contribution in [0.4, 0.5) is 0 Å². The monoisotopic (exact) mass is 366 g/mol. The van der Waals surface area contributed by atoms with Crippen molar-refractivity contribution in [3.63, 3.8) is 0 Å². The van der Waals surface area contributed by atoms with E-state index in [-0.39, 0.29) is 5.16 Å². The van der Waals surface area contributed by atoms with Gasteiger partial charge < -0.3 is 9.09 Å². The molecular weight excluding hydrogens is 340 g/mol. The van der Waals surface area contributed by atoms with Crippen molar-refractivity contribution in [1.29, 1.82) is 0 Å². The topological polar surface area (TPSA) is 81.2 Å². The van der Waals surface area contributed by atoms with Gasteiger partial charge in [0.25, 0.3) is 0 Å². The van der Waals surface area contributed by atoms with Crippen molar-refractivity contribution in [2.45, 2.75) is 56.9 Å². The SMILES string of the molecule is CN(Cc1ccno1)Cc1cnc(S(C)(=O)=O)n1CC1CCCCC1. The molecule has 0 saturated heterocycles. The molecule has 1 aliphatic carbocycles. The highest BCUT2D eigenvalue weighted by Crippen LogP contribution is 2.27. The van der Waals surface area contributed by atoms with Crippen molar-refractivity contribution in [2.24, 2.45) is 5.92 Å². The first-order valence-electron chi connectivity index (χ1n) is 8.76. The van der Waals surface area contributed by atoms with Gasteiger partial charge in [0.2, 0.25) is 15.0 Å². The van der Waals surface area contributed by atoms with Crippen molar-refractivity contribution < 1.29 is 12.9 Å². The van der Waals surface area contributed by atoms with E-state index in [1.807, 2.05) is 17.7 Å². The van der Waals surface area contributed by atoms with Crippen LogP contribution in [0.2, 0.25) is 0 Å². The number of hydrogen-bond donors (Lipinski definition) is 0. The van der Waals surface area contributed by atoms with Gasteiger partial charge in [-0.05, 0) is 25.8 Å². The quantitative estimate of drug-likeness (QED) is 0.749. The first-order valence-corrected chi connectivity index (χ1v) is 10.6. The summed E-state index contributed by atoms with van der Waals surface area (Å²) in [6.07, 6.45) is 10.6. The molecule has 2 aromatic heterocycles. The lowest BCUT2D eigenvalue weighted by atomic mass is 9.89. The molecule has 1 saturated carbocycles. The number of nitrogens with zero attached hydrogens (tertiary/aromatic N) is 4. The van der Waals surface area contributed by atoms with Gasteiger partial charge in [-0.1, -0.05) is 24.4 Å². The van der Waals surface area contributed by atoms with Gasteiger partial charge in [-0.2, -0.15) is 0 Å². The van der Waals surface area contributed by atoms with Crippen LogP contribution in [0, 0.1) is 5.92 Å². The maximum atomic E-state index is 12.1. The Kier molecular flexibility index (Phi) is 5.58. The normalized spacial score (nSPS) is 16.6. The Bertz CT molecular complexity index is 777. The average molecular weight is 366 g/mol. The average Bonchev–Trinajstić information content (AvgIpc) is 3.18. The molecule has 0 unspecified atom stereocenters. The molecule has 7 nitrogen and oxygen atoms in total. The number of imidazole rings is 1. The minimum Gasteiger partial charge on any atom is -0.360 e.